The van der Waals surface area contributed by atoms with Crippen LogP contribution in [0.25, 0.3) is 0 Å². The number of hydrogen-bond acceptors (Lipinski definition) is 4. The third-order valence-corrected chi connectivity index (χ3v) is 5.22. The van der Waals surface area contributed by atoms with Crippen molar-refractivity contribution in [2.24, 2.45) is 5.41 Å². The monoisotopic (exact) mass is 264 g/mol. The van der Waals surface area contributed by atoms with Crippen molar-refractivity contribution in [1.29, 1.82) is 0 Å². The standard InChI is InChI=1S/C13H16N2O2S/c16-11(17)6-13(4-5-13)7-18-12-9-2-1-3-10(9)14-8-15-12/h8H,1-7H2,(H,16,17). The molecular formula is C13H16N2O2S. The zero-order valence-electron chi connectivity index (χ0n) is 10.2. The molecule has 0 amide bonds. The van der Waals surface area contributed by atoms with Gasteiger partial charge in [0.15, 0.2) is 0 Å². The molecule has 0 aliphatic heterocycles. The van der Waals surface area contributed by atoms with Crippen molar-refractivity contribution >= 4 is 17.7 Å². The quantitative estimate of drug-likeness (QED) is 0.653. The van der Waals surface area contributed by atoms with E-state index in [4.69, 9.17) is 5.11 Å². The summed E-state index contributed by atoms with van der Waals surface area (Å²) in [6, 6.07) is 0. The number of aliphatic carboxylic acids is 1. The summed E-state index contributed by atoms with van der Waals surface area (Å²) >= 11 is 1.72. The molecule has 4 nitrogen and oxygen atoms in total. The Kier molecular flexibility index (Phi) is 3.01. The normalized spacial score (nSPS) is 19.6. The molecule has 0 spiro atoms. The summed E-state index contributed by atoms with van der Waals surface area (Å²) < 4.78 is 0. The van der Waals surface area contributed by atoms with E-state index in [1.54, 1.807) is 18.1 Å². The van der Waals surface area contributed by atoms with Crippen LogP contribution in [-0.2, 0) is 17.6 Å². The molecule has 18 heavy (non-hydrogen) atoms. The van der Waals surface area contributed by atoms with Crippen LogP contribution in [0.4, 0.5) is 0 Å². The Hall–Kier alpha value is -1.10. The van der Waals surface area contributed by atoms with Gasteiger partial charge >= 0.3 is 5.97 Å². The highest BCUT2D eigenvalue weighted by molar-refractivity contribution is 7.99. The summed E-state index contributed by atoms with van der Waals surface area (Å²) in [6.45, 7) is 0. The molecule has 3 rings (SSSR count). The number of thioether (sulfide) groups is 1. The van der Waals surface area contributed by atoms with E-state index >= 15 is 0 Å². The SMILES string of the molecule is O=C(O)CC1(CSc2ncnc3c2CCC3)CC1. The maximum atomic E-state index is 10.8. The molecule has 0 atom stereocenters. The van der Waals surface area contributed by atoms with E-state index in [1.807, 2.05) is 0 Å². The van der Waals surface area contributed by atoms with E-state index in [0.717, 1.165) is 36.5 Å². The number of aryl methyl sites for hydroxylation is 1. The molecule has 2 aliphatic carbocycles. The van der Waals surface area contributed by atoms with E-state index in [2.05, 4.69) is 9.97 Å². The van der Waals surface area contributed by atoms with Gasteiger partial charge in [0.25, 0.3) is 0 Å². The highest BCUT2D eigenvalue weighted by atomic mass is 32.2. The Morgan fingerprint density at radius 2 is 2.22 bits per heavy atom. The number of hydrogen-bond donors (Lipinski definition) is 1. The number of nitrogens with zero attached hydrogens (tertiary/aromatic N) is 2. The van der Waals surface area contributed by atoms with Gasteiger partial charge < -0.3 is 5.11 Å². The second-order valence-corrected chi connectivity index (χ2v) is 6.28. The van der Waals surface area contributed by atoms with Gasteiger partial charge in [0.1, 0.15) is 11.4 Å². The minimum Gasteiger partial charge on any atom is -0.481 e. The van der Waals surface area contributed by atoms with Gasteiger partial charge in [0.2, 0.25) is 0 Å². The highest BCUT2D eigenvalue weighted by Crippen LogP contribution is 2.52. The van der Waals surface area contributed by atoms with Crippen molar-refractivity contribution in [3.05, 3.63) is 17.6 Å². The fourth-order valence-electron chi connectivity index (χ4n) is 2.55. The molecule has 1 N–H and O–H groups in total. The first kappa shape index (κ1) is 12.0. The predicted molar refractivity (Wildman–Crippen MR) is 68.7 cm³/mol. The lowest BCUT2D eigenvalue weighted by atomic mass is 10.1. The van der Waals surface area contributed by atoms with Crippen molar-refractivity contribution < 1.29 is 9.90 Å². The van der Waals surface area contributed by atoms with Gasteiger partial charge in [0, 0.05) is 17.0 Å². The van der Waals surface area contributed by atoms with E-state index in [0.29, 0.717) is 6.42 Å². The van der Waals surface area contributed by atoms with Crippen molar-refractivity contribution in [3.63, 3.8) is 0 Å². The molecule has 0 radical (unpaired) electrons. The number of carboxylic acids is 1. The summed E-state index contributed by atoms with van der Waals surface area (Å²) in [6.07, 6.45) is 7.33. The van der Waals surface area contributed by atoms with Gasteiger partial charge in [-0.1, -0.05) is 0 Å². The molecule has 1 aromatic heterocycles. The third kappa shape index (κ3) is 2.36. The third-order valence-electron chi connectivity index (χ3n) is 3.83. The van der Waals surface area contributed by atoms with Crippen LogP contribution in [0.2, 0.25) is 0 Å². The first-order chi connectivity index (χ1) is 8.69. The Balaban J connectivity index is 1.67. The highest BCUT2D eigenvalue weighted by Gasteiger charge is 2.44. The first-order valence-corrected chi connectivity index (χ1v) is 7.34. The summed E-state index contributed by atoms with van der Waals surface area (Å²) in [4.78, 5) is 19.5. The average Bonchev–Trinajstić information content (AvgIpc) is 2.91. The predicted octanol–water partition coefficient (Wildman–Crippen LogP) is 2.31. The lowest BCUT2D eigenvalue weighted by Gasteiger charge is -2.12. The molecule has 96 valence electrons. The Morgan fingerprint density at radius 1 is 1.39 bits per heavy atom. The van der Waals surface area contributed by atoms with E-state index in [-0.39, 0.29) is 5.41 Å². The van der Waals surface area contributed by atoms with Crippen molar-refractivity contribution in [3.8, 4) is 0 Å². The number of aromatic nitrogens is 2. The molecule has 1 heterocycles. The lowest BCUT2D eigenvalue weighted by Crippen LogP contribution is -2.11. The summed E-state index contributed by atoms with van der Waals surface area (Å²) in [7, 11) is 0. The molecule has 0 bridgehead atoms. The van der Waals surface area contributed by atoms with Crippen LogP contribution in [0.15, 0.2) is 11.4 Å². The van der Waals surface area contributed by atoms with Gasteiger partial charge in [0.05, 0.1) is 6.42 Å². The van der Waals surface area contributed by atoms with Crippen molar-refractivity contribution in [2.45, 2.75) is 43.6 Å². The van der Waals surface area contributed by atoms with Crippen molar-refractivity contribution in [2.75, 3.05) is 5.75 Å². The van der Waals surface area contributed by atoms with E-state index in [1.165, 1.54) is 17.7 Å². The number of rotatable bonds is 5. The molecular weight excluding hydrogens is 248 g/mol. The van der Waals surface area contributed by atoms with Crippen LogP contribution in [0.1, 0.15) is 36.9 Å². The first-order valence-electron chi connectivity index (χ1n) is 6.36. The van der Waals surface area contributed by atoms with Gasteiger partial charge in [-0.25, -0.2) is 9.97 Å². The largest absolute Gasteiger partial charge is 0.481 e. The topological polar surface area (TPSA) is 63.1 Å². The van der Waals surface area contributed by atoms with Crippen molar-refractivity contribution in [1.82, 2.24) is 9.97 Å². The van der Waals surface area contributed by atoms with Gasteiger partial charge in [-0.3, -0.25) is 4.79 Å². The molecule has 2 aliphatic rings. The van der Waals surface area contributed by atoms with Crippen LogP contribution >= 0.6 is 11.8 Å². The van der Waals surface area contributed by atoms with Crippen LogP contribution in [0, 0.1) is 5.41 Å². The second-order valence-electron chi connectivity index (χ2n) is 5.32. The maximum absolute atomic E-state index is 10.8. The van der Waals surface area contributed by atoms with E-state index in [9.17, 15) is 4.79 Å². The van der Waals surface area contributed by atoms with Crippen LogP contribution < -0.4 is 0 Å². The van der Waals surface area contributed by atoms with Gasteiger partial charge in [-0.15, -0.1) is 11.8 Å². The molecule has 1 fully saturated rings. The average molecular weight is 264 g/mol. The number of carboxylic acid groups (broad SMARTS) is 1. The maximum Gasteiger partial charge on any atom is 0.303 e. The Morgan fingerprint density at radius 3 is 2.94 bits per heavy atom. The summed E-state index contributed by atoms with van der Waals surface area (Å²) in [5, 5.41) is 9.98. The van der Waals surface area contributed by atoms with E-state index < -0.39 is 5.97 Å². The number of carbonyl (C=O) groups is 1. The zero-order chi connectivity index (χ0) is 12.6. The molecule has 5 heteroatoms. The fourth-order valence-corrected chi connectivity index (χ4v) is 3.89. The lowest BCUT2D eigenvalue weighted by molar-refractivity contribution is -0.138. The van der Waals surface area contributed by atoms with Crippen LogP contribution in [-0.4, -0.2) is 26.8 Å². The number of fused-ring (bicyclic) bond motifs is 1. The Bertz CT molecular complexity index is 486. The molecule has 0 saturated heterocycles. The minimum atomic E-state index is -0.680. The zero-order valence-corrected chi connectivity index (χ0v) is 11.0. The minimum absolute atomic E-state index is 0.0347. The molecule has 0 unspecified atom stereocenters. The second kappa shape index (κ2) is 4.53. The molecule has 1 aromatic rings. The summed E-state index contributed by atoms with van der Waals surface area (Å²) in [5.41, 5.74) is 2.52. The van der Waals surface area contributed by atoms with Gasteiger partial charge in [-0.2, -0.15) is 0 Å². The molecule has 0 aromatic carbocycles. The Labute approximate surface area is 110 Å². The van der Waals surface area contributed by atoms with Crippen LogP contribution in [0.5, 0.6) is 0 Å². The fraction of sp³-hybridized carbons (Fsp3) is 0.615. The van der Waals surface area contributed by atoms with Crippen LogP contribution in [0.3, 0.4) is 0 Å². The smallest absolute Gasteiger partial charge is 0.303 e. The molecule has 1 saturated carbocycles. The summed E-state index contributed by atoms with van der Waals surface area (Å²) in [5.74, 6) is 0.198. The van der Waals surface area contributed by atoms with Gasteiger partial charge in [-0.05, 0) is 37.5 Å².